The van der Waals surface area contributed by atoms with Crippen LogP contribution in [0.15, 0.2) is 108 Å². The Labute approximate surface area is 393 Å². The molecule has 8 rings (SSSR count). The third-order valence-electron chi connectivity index (χ3n) is 12.7. The van der Waals surface area contributed by atoms with Crippen LogP contribution in [0.2, 0.25) is 0 Å². The number of aromatic hydroxyl groups is 1. The number of hydrogen-bond donors (Lipinski definition) is 1. The lowest BCUT2D eigenvalue weighted by atomic mass is 9.88. The lowest BCUT2D eigenvalue weighted by Crippen LogP contribution is -2.43. The Morgan fingerprint density at radius 2 is 1.60 bits per heavy atom. The molecular formula is C54H63FN6O6. The lowest BCUT2D eigenvalue weighted by Gasteiger charge is -2.36. The van der Waals surface area contributed by atoms with Gasteiger partial charge in [0.25, 0.3) is 11.8 Å². The number of aromatic nitrogens is 2. The maximum atomic E-state index is 15.4. The van der Waals surface area contributed by atoms with Crippen LogP contribution >= 0.6 is 0 Å². The second kappa shape index (κ2) is 21.8. The van der Waals surface area contributed by atoms with Gasteiger partial charge in [0.1, 0.15) is 23.9 Å². The molecule has 0 bridgehead atoms. The number of nitrogens with zero attached hydrogens (tertiary/aromatic N) is 6. The van der Waals surface area contributed by atoms with Crippen LogP contribution in [0.3, 0.4) is 0 Å². The fourth-order valence-corrected chi connectivity index (χ4v) is 8.93. The normalized spacial score (nSPS) is 16.0. The minimum Gasteiger partial charge on any atom is -0.508 e. The highest BCUT2D eigenvalue weighted by molar-refractivity contribution is 6.13. The van der Waals surface area contributed by atoms with E-state index in [-0.39, 0.29) is 42.5 Å². The Kier molecular flexibility index (Phi) is 15.8. The van der Waals surface area contributed by atoms with E-state index in [2.05, 4.69) is 29.1 Å². The Morgan fingerprint density at radius 3 is 2.28 bits per heavy atom. The van der Waals surface area contributed by atoms with Crippen LogP contribution in [0.5, 0.6) is 11.5 Å². The SMILES string of the molecule is CC.CC(C)=C(/C=C(\C)c1cc2c(cc1C(=O)N1Cc3ccccc3CC1C)CN(C(=O)Cc1ccc(OCCN3CCOCC3)cc1F)CC2)C(=O)N(c1ccc(O)cc1)c1cnn(C)c1. The number of morpholine rings is 1. The molecule has 3 aliphatic rings. The number of carbonyl (C=O) groups is 3. The van der Waals surface area contributed by atoms with E-state index >= 15 is 9.18 Å². The molecule has 4 heterocycles. The van der Waals surface area contributed by atoms with Gasteiger partial charge >= 0.3 is 0 Å². The number of halogens is 1. The van der Waals surface area contributed by atoms with Crippen molar-refractivity contribution < 1.29 is 33.4 Å². The summed E-state index contributed by atoms with van der Waals surface area (Å²) in [6.07, 6.45) is 6.37. The number of phenolic OH excluding ortho intramolecular Hbond substituents is 1. The summed E-state index contributed by atoms with van der Waals surface area (Å²) in [5, 5.41) is 14.4. The first-order valence-electron chi connectivity index (χ1n) is 23.3. The second-order valence-electron chi connectivity index (χ2n) is 17.5. The van der Waals surface area contributed by atoms with Gasteiger partial charge in [-0.2, -0.15) is 5.10 Å². The van der Waals surface area contributed by atoms with E-state index in [4.69, 9.17) is 9.47 Å². The minimum atomic E-state index is -0.488. The largest absolute Gasteiger partial charge is 0.508 e. The zero-order chi connectivity index (χ0) is 47.8. The molecule has 0 radical (unpaired) electrons. The van der Waals surface area contributed by atoms with Gasteiger partial charge in [0.05, 0.1) is 31.5 Å². The lowest BCUT2D eigenvalue weighted by molar-refractivity contribution is -0.131. The summed E-state index contributed by atoms with van der Waals surface area (Å²) >= 11 is 0. The highest BCUT2D eigenvalue weighted by atomic mass is 19.1. The summed E-state index contributed by atoms with van der Waals surface area (Å²) in [7, 11) is 1.78. The Morgan fingerprint density at radius 1 is 0.881 bits per heavy atom. The number of carbonyl (C=O) groups excluding carboxylic acids is 3. The van der Waals surface area contributed by atoms with Gasteiger partial charge in [-0.1, -0.05) is 55.8 Å². The van der Waals surface area contributed by atoms with Crippen molar-refractivity contribution >= 4 is 34.7 Å². The van der Waals surface area contributed by atoms with E-state index in [1.807, 2.05) is 69.9 Å². The summed E-state index contributed by atoms with van der Waals surface area (Å²) in [5.74, 6) is -0.629. The fourth-order valence-electron chi connectivity index (χ4n) is 8.93. The zero-order valence-corrected chi connectivity index (χ0v) is 39.8. The molecule has 67 heavy (non-hydrogen) atoms. The minimum absolute atomic E-state index is 0.0756. The van der Waals surface area contributed by atoms with E-state index in [1.54, 1.807) is 58.2 Å². The summed E-state index contributed by atoms with van der Waals surface area (Å²) in [4.78, 5) is 51.1. The smallest absolute Gasteiger partial charge is 0.262 e. The third kappa shape index (κ3) is 11.3. The van der Waals surface area contributed by atoms with Gasteiger partial charge in [-0.25, -0.2) is 4.39 Å². The number of hydrogen-bond acceptors (Lipinski definition) is 8. The van der Waals surface area contributed by atoms with E-state index in [1.165, 1.54) is 23.8 Å². The van der Waals surface area contributed by atoms with Crippen molar-refractivity contribution in [1.82, 2.24) is 24.5 Å². The Hall–Kier alpha value is -6.57. The maximum absolute atomic E-state index is 15.4. The van der Waals surface area contributed by atoms with Gasteiger partial charge < -0.3 is 24.4 Å². The molecule has 0 saturated carbocycles. The fraction of sp³-hybridized carbons (Fsp3) is 0.370. The molecule has 3 aliphatic heterocycles. The van der Waals surface area contributed by atoms with Gasteiger partial charge in [0, 0.05) is 81.4 Å². The number of allylic oxidation sites excluding steroid dienone is 2. The van der Waals surface area contributed by atoms with Gasteiger partial charge in [-0.05, 0) is 122 Å². The van der Waals surface area contributed by atoms with Crippen LogP contribution in [-0.4, -0.2) is 99.3 Å². The van der Waals surface area contributed by atoms with Crippen molar-refractivity contribution in [2.45, 2.75) is 79.9 Å². The van der Waals surface area contributed by atoms with Gasteiger partial charge in [0.15, 0.2) is 0 Å². The average Bonchev–Trinajstić information content (AvgIpc) is 3.76. The van der Waals surface area contributed by atoms with E-state index in [0.29, 0.717) is 78.7 Å². The molecule has 1 aromatic heterocycles. The number of anilines is 2. The number of fused-ring (bicyclic) bond motifs is 2. The predicted octanol–water partition coefficient (Wildman–Crippen LogP) is 8.82. The van der Waals surface area contributed by atoms with Crippen LogP contribution in [-0.2, 0) is 53.7 Å². The molecule has 1 atom stereocenters. The van der Waals surface area contributed by atoms with Crippen LogP contribution in [0.4, 0.5) is 15.8 Å². The van der Waals surface area contributed by atoms with Crippen molar-refractivity contribution in [3.8, 4) is 11.5 Å². The summed E-state index contributed by atoms with van der Waals surface area (Å²) in [5.41, 5.74) is 8.71. The monoisotopic (exact) mass is 910 g/mol. The van der Waals surface area contributed by atoms with Crippen LogP contribution in [0, 0.1) is 5.82 Å². The first kappa shape index (κ1) is 48.4. The van der Waals surface area contributed by atoms with E-state index in [9.17, 15) is 14.7 Å². The molecule has 3 amide bonds. The molecule has 13 heteroatoms. The van der Waals surface area contributed by atoms with Crippen molar-refractivity contribution in [1.29, 1.82) is 0 Å². The zero-order valence-electron chi connectivity index (χ0n) is 39.8. The molecule has 1 saturated heterocycles. The van der Waals surface area contributed by atoms with E-state index < -0.39 is 5.82 Å². The summed E-state index contributed by atoms with van der Waals surface area (Å²) < 4.78 is 28.3. The standard InChI is InChI=1S/C52H57FN6O6.C2H6/c1-34(2)46(52(63)59(43-30-54-55(5)33-43)42-11-13-44(60)14-12-42)24-35(3)47-26-38-16-17-57(31-41(38)27-48(47)51(62)58-32-40-9-7-6-8-37(40)25-36(58)4)50(61)28-39-10-15-45(29-49(39)53)65-23-20-56-18-21-64-22-19-56;1-2/h6-15,24,26-27,29-30,33,36,60H,16-23,25,28,31-32H2,1-5H3;1-2H3/b35-24+;. The molecule has 1 fully saturated rings. The molecule has 4 aromatic carbocycles. The number of amides is 3. The number of phenols is 1. The summed E-state index contributed by atoms with van der Waals surface area (Å²) in [6.45, 7) is 17.1. The molecular weight excluding hydrogens is 848 g/mol. The van der Waals surface area contributed by atoms with Crippen LogP contribution < -0.4 is 9.64 Å². The second-order valence-corrected chi connectivity index (χ2v) is 17.5. The molecule has 12 nitrogen and oxygen atoms in total. The van der Waals surface area contributed by atoms with Crippen molar-refractivity contribution in [2.75, 3.05) is 50.9 Å². The molecule has 352 valence electrons. The maximum Gasteiger partial charge on any atom is 0.262 e. The Bertz CT molecular complexity index is 2640. The number of rotatable bonds is 12. The van der Waals surface area contributed by atoms with E-state index in [0.717, 1.165) is 53.9 Å². The first-order valence-corrected chi connectivity index (χ1v) is 23.3. The Balaban J connectivity index is 0.00000329. The highest BCUT2D eigenvalue weighted by Gasteiger charge is 2.32. The molecule has 0 spiro atoms. The average molecular weight is 911 g/mol. The van der Waals surface area contributed by atoms with Crippen molar-refractivity contribution in [2.24, 2.45) is 7.05 Å². The van der Waals surface area contributed by atoms with Gasteiger partial charge in [0.2, 0.25) is 5.91 Å². The van der Waals surface area contributed by atoms with Gasteiger partial charge in [-0.3, -0.25) is 28.9 Å². The van der Waals surface area contributed by atoms with Crippen LogP contribution in [0.1, 0.15) is 85.3 Å². The molecule has 1 unspecified atom stereocenters. The van der Waals surface area contributed by atoms with Gasteiger partial charge in [-0.15, -0.1) is 0 Å². The topological polar surface area (TPSA) is 121 Å². The summed E-state index contributed by atoms with van der Waals surface area (Å²) in [6, 6.07) is 23.2. The quantitative estimate of drug-likeness (QED) is 0.0975. The van der Waals surface area contributed by atoms with Crippen molar-refractivity contribution in [3.05, 3.63) is 153 Å². The molecule has 0 aliphatic carbocycles. The highest BCUT2D eigenvalue weighted by Crippen LogP contribution is 2.35. The van der Waals surface area contributed by atoms with Crippen LogP contribution in [0.25, 0.3) is 5.57 Å². The predicted molar refractivity (Wildman–Crippen MR) is 260 cm³/mol. The first-order chi connectivity index (χ1) is 32.3. The number of benzene rings is 4. The number of aryl methyl sites for hydroxylation is 1. The number of ether oxygens (including phenoxy) is 2. The molecule has 1 N–H and O–H groups in total. The third-order valence-corrected chi connectivity index (χ3v) is 12.7. The van der Waals surface area contributed by atoms with Crippen molar-refractivity contribution in [3.63, 3.8) is 0 Å². The molecule has 5 aromatic rings.